The molecule has 1 aromatic carbocycles. The van der Waals surface area contributed by atoms with Gasteiger partial charge in [-0.05, 0) is 19.8 Å². The van der Waals surface area contributed by atoms with E-state index in [2.05, 4.69) is 25.2 Å². The number of hydrogen-bond acceptors (Lipinski definition) is 5. The first-order valence-electron chi connectivity index (χ1n) is 8.80. The molecular weight excluding hydrogens is 355 g/mol. The zero-order chi connectivity index (χ0) is 18.2. The molecular formula is C18H20ClFN6. The third kappa shape index (κ3) is 1.95. The van der Waals surface area contributed by atoms with E-state index in [0.29, 0.717) is 22.5 Å². The SMILES string of the molecule is CNc1cc(F)c(Cl)c2c1[nH]c1nc(C)nc(N3CC4(CCC4N)C3)c12. The number of fused-ring (bicyclic) bond motifs is 3. The smallest absolute Gasteiger partial charge is 0.144 e. The predicted octanol–water partition coefficient (Wildman–Crippen LogP) is 3.18. The lowest BCUT2D eigenvalue weighted by Crippen LogP contribution is -2.69. The summed E-state index contributed by atoms with van der Waals surface area (Å²) in [5.74, 6) is 1.01. The molecule has 2 aromatic heterocycles. The summed E-state index contributed by atoms with van der Waals surface area (Å²) in [5.41, 5.74) is 8.48. The van der Waals surface area contributed by atoms with Crippen molar-refractivity contribution in [3.05, 3.63) is 22.7 Å². The Kier molecular flexibility index (Phi) is 3.22. The zero-order valence-corrected chi connectivity index (χ0v) is 15.4. The van der Waals surface area contributed by atoms with E-state index < -0.39 is 5.82 Å². The molecule has 26 heavy (non-hydrogen) atoms. The molecule has 2 fully saturated rings. The molecule has 3 heterocycles. The van der Waals surface area contributed by atoms with Crippen molar-refractivity contribution in [2.75, 3.05) is 30.4 Å². The van der Waals surface area contributed by atoms with Gasteiger partial charge in [-0.15, -0.1) is 0 Å². The van der Waals surface area contributed by atoms with Gasteiger partial charge < -0.3 is 20.9 Å². The lowest BCUT2D eigenvalue weighted by Gasteiger charge is -2.60. The minimum absolute atomic E-state index is 0.0922. The Balaban J connectivity index is 1.75. The number of anilines is 2. The molecule has 1 unspecified atom stereocenters. The monoisotopic (exact) mass is 374 g/mol. The second-order valence-corrected chi connectivity index (χ2v) is 7.90. The van der Waals surface area contributed by atoms with Gasteiger partial charge in [0.2, 0.25) is 0 Å². The molecule has 3 aromatic rings. The van der Waals surface area contributed by atoms with E-state index in [1.54, 1.807) is 7.05 Å². The second kappa shape index (κ2) is 5.20. The summed E-state index contributed by atoms with van der Waals surface area (Å²) in [4.78, 5) is 14.7. The molecule has 1 saturated carbocycles. The van der Waals surface area contributed by atoms with Crippen molar-refractivity contribution >= 4 is 45.0 Å². The summed E-state index contributed by atoms with van der Waals surface area (Å²) in [5, 5.41) is 4.51. The first-order chi connectivity index (χ1) is 12.4. The van der Waals surface area contributed by atoms with Crippen LogP contribution in [-0.2, 0) is 0 Å². The van der Waals surface area contributed by atoms with Crippen molar-refractivity contribution in [3.63, 3.8) is 0 Å². The molecule has 2 aliphatic rings. The molecule has 0 radical (unpaired) electrons. The van der Waals surface area contributed by atoms with Gasteiger partial charge in [-0.2, -0.15) is 0 Å². The van der Waals surface area contributed by atoms with E-state index in [9.17, 15) is 4.39 Å². The first-order valence-corrected chi connectivity index (χ1v) is 9.17. The Morgan fingerprint density at radius 2 is 2.15 bits per heavy atom. The van der Waals surface area contributed by atoms with E-state index in [0.717, 1.165) is 42.7 Å². The fraction of sp³-hybridized carbons (Fsp3) is 0.444. The highest BCUT2D eigenvalue weighted by Gasteiger charge is 2.53. The van der Waals surface area contributed by atoms with Crippen LogP contribution in [0.3, 0.4) is 0 Å². The van der Waals surface area contributed by atoms with Gasteiger partial charge >= 0.3 is 0 Å². The molecule has 0 amide bonds. The molecule has 1 aliphatic heterocycles. The highest BCUT2D eigenvalue weighted by molar-refractivity contribution is 6.39. The summed E-state index contributed by atoms with van der Waals surface area (Å²) in [7, 11) is 1.75. The third-order valence-electron chi connectivity index (χ3n) is 6.03. The average Bonchev–Trinajstić information content (AvgIpc) is 2.94. The van der Waals surface area contributed by atoms with Gasteiger partial charge in [-0.25, -0.2) is 14.4 Å². The van der Waals surface area contributed by atoms with Gasteiger partial charge in [-0.3, -0.25) is 0 Å². The Hall–Kier alpha value is -2.12. The molecule has 1 saturated heterocycles. The van der Waals surface area contributed by atoms with Crippen LogP contribution in [0.4, 0.5) is 15.9 Å². The van der Waals surface area contributed by atoms with Crippen molar-refractivity contribution in [3.8, 4) is 0 Å². The predicted molar refractivity (Wildman–Crippen MR) is 103 cm³/mol. The standard InChI is InChI=1S/C18H20ClFN6/c1-8-23-16-13(12-14(19)9(20)5-10(22-2)15(12)25-16)17(24-8)26-6-18(7-26)4-3-11(18)21/h5,11,22H,3-4,6-7,21H2,1-2H3,(H,23,24,25). The van der Waals surface area contributed by atoms with Crippen LogP contribution < -0.4 is 16.0 Å². The number of rotatable bonds is 2. The number of aromatic nitrogens is 3. The maximum atomic E-state index is 14.4. The maximum Gasteiger partial charge on any atom is 0.144 e. The number of halogens is 2. The lowest BCUT2D eigenvalue weighted by atomic mass is 9.60. The normalized spacial score (nSPS) is 21.3. The van der Waals surface area contributed by atoms with Crippen molar-refractivity contribution in [2.45, 2.75) is 25.8 Å². The van der Waals surface area contributed by atoms with Crippen LogP contribution >= 0.6 is 11.6 Å². The lowest BCUT2D eigenvalue weighted by molar-refractivity contribution is 0.0560. The topological polar surface area (TPSA) is 82.9 Å². The number of nitrogens with zero attached hydrogens (tertiary/aromatic N) is 3. The van der Waals surface area contributed by atoms with Crippen LogP contribution in [0, 0.1) is 18.2 Å². The van der Waals surface area contributed by atoms with Crippen LogP contribution in [-0.4, -0.2) is 41.1 Å². The summed E-state index contributed by atoms with van der Waals surface area (Å²) in [6, 6.07) is 1.66. The molecule has 1 atom stereocenters. The van der Waals surface area contributed by atoms with Gasteiger partial charge in [0.05, 0.1) is 21.6 Å². The van der Waals surface area contributed by atoms with Crippen LogP contribution in [0.1, 0.15) is 18.7 Å². The van der Waals surface area contributed by atoms with Gasteiger partial charge in [0.25, 0.3) is 0 Å². The van der Waals surface area contributed by atoms with E-state index in [1.807, 2.05) is 6.92 Å². The minimum Gasteiger partial charge on any atom is -0.386 e. The average molecular weight is 375 g/mol. The quantitative estimate of drug-likeness (QED) is 0.641. The number of aryl methyl sites for hydroxylation is 1. The number of H-pyrrole nitrogens is 1. The zero-order valence-electron chi connectivity index (χ0n) is 14.7. The Labute approximate surface area is 154 Å². The fourth-order valence-electron chi connectivity index (χ4n) is 4.39. The number of nitrogens with two attached hydrogens (primary N) is 1. The third-order valence-corrected chi connectivity index (χ3v) is 6.40. The van der Waals surface area contributed by atoms with Gasteiger partial charge in [0.1, 0.15) is 23.1 Å². The van der Waals surface area contributed by atoms with E-state index in [4.69, 9.17) is 17.3 Å². The summed E-state index contributed by atoms with van der Waals surface area (Å²) in [6.45, 7) is 3.61. The molecule has 6 nitrogen and oxygen atoms in total. The molecule has 4 N–H and O–H groups in total. The minimum atomic E-state index is -0.461. The molecule has 1 aliphatic carbocycles. The van der Waals surface area contributed by atoms with Gasteiger partial charge in [0.15, 0.2) is 0 Å². The van der Waals surface area contributed by atoms with Crippen molar-refractivity contribution < 1.29 is 4.39 Å². The van der Waals surface area contributed by atoms with Crippen LogP contribution in [0.15, 0.2) is 6.07 Å². The molecule has 5 rings (SSSR count). The highest BCUT2D eigenvalue weighted by atomic mass is 35.5. The van der Waals surface area contributed by atoms with E-state index >= 15 is 0 Å². The highest BCUT2D eigenvalue weighted by Crippen LogP contribution is 2.50. The summed E-state index contributed by atoms with van der Waals surface area (Å²) in [6.07, 6.45) is 2.24. The Bertz CT molecular complexity index is 1060. The Morgan fingerprint density at radius 1 is 1.38 bits per heavy atom. The summed E-state index contributed by atoms with van der Waals surface area (Å²) < 4.78 is 14.4. The second-order valence-electron chi connectivity index (χ2n) is 7.53. The first kappa shape index (κ1) is 16.1. The van der Waals surface area contributed by atoms with E-state index in [1.165, 1.54) is 6.07 Å². The molecule has 136 valence electrons. The van der Waals surface area contributed by atoms with Crippen LogP contribution in [0.25, 0.3) is 21.9 Å². The number of hydrogen-bond donors (Lipinski definition) is 3. The van der Waals surface area contributed by atoms with Gasteiger partial charge in [0, 0.05) is 43.0 Å². The number of benzene rings is 1. The molecule has 8 heteroatoms. The van der Waals surface area contributed by atoms with Crippen LogP contribution in [0.2, 0.25) is 5.02 Å². The van der Waals surface area contributed by atoms with Crippen molar-refractivity contribution in [1.82, 2.24) is 15.0 Å². The number of nitrogens with one attached hydrogen (secondary N) is 2. The Morgan fingerprint density at radius 3 is 2.77 bits per heavy atom. The molecule has 0 bridgehead atoms. The van der Waals surface area contributed by atoms with Crippen molar-refractivity contribution in [2.24, 2.45) is 11.1 Å². The summed E-state index contributed by atoms with van der Waals surface area (Å²) >= 11 is 6.35. The van der Waals surface area contributed by atoms with Gasteiger partial charge in [-0.1, -0.05) is 11.6 Å². The van der Waals surface area contributed by atoms with E-state index in [-0.39, 0.29) is 16.5 Å². The largest absolute Gasteiger partial charge is 0.386 e. The molecule has 1 spiro atoms. The number of aromatic amines is 1. The maximum absolute atomic E-state index is 14.4. The van der Waals surface area contributed by atoms with Crippen LogP contribution in [0.5, 0.6) is 0 Å². The van der Waals surface area contributed by atoms with Crippen molar-refractivity contribution in [1.29, 1.82) is 0 Å². The fourth-order valence-corrected chi connectivity index (χ4v) is 4.63.